The number of hydrogen-bond donors (Lipinski definition) is 4. The standard InChI is InChI=1S/C15H28O4/c1-2-3-4-5-11(17)6-7-12-13(8-9-16)15(19)10-14(12)18/h6-7,11-19H,2-5,8-10H2,1H3/b7-6+/t11-,12-,13-,14-,15+/m0/s1. The minimum atomic E-state index is -0.578. The van der Waals surface area contributed by atoms with Crippen molar-refractivity contribution in [2.24, 2.45) is 11.8 Å². The third kappa shape index (κ3) is 5.22. The topological polar surface area (TPSA) is 80.9 Å². The van der Waals surface area contributed by atoms with E-state index < -0.39 is 18.3 Å². The normalized spacial score (nSPS) is 33.1. The molecule has 112 valence electrons. The number of rotatable bonds is 8. The lowest BCUT2D eigenvalue weighted by atomic mass is 9.90. The first kappa shape index (κ1) is 16.6. The first-order valence-corrected chi connectivity index (χ1v) is 7.43. The highest BCUT2D eigenvalue weighted by Gasteiger charge is 2.39. The van der Waals surface area contributed by atoms with Crippen LogP contribution < -0.4 is 0 Å². The Labute approximate surface area is 115 Å². The highest BCUT2D eigenvalue weighted by Crippen LogP contribution is 2.35. The second-order valence-corrected chi connectivity index (χ2v) is 5.57. The maximum atomic E-state index is 9.91. The van der Waals surface area contributed by atoms with Crippen molar-refractivity contribution < 1.29 is 20.4 Å². The molecule has 5 atom stereocenters. The fourth-order valence-corrected chi connectivity index (χ4v) is 2.88. The lowest BCUT2D eigenvalue weighted by molar-refractivity contribution is 0.103. The summed E-state index contributed by atoms with van der Waals surface area (Å²) in [6, 6.07) is 0. The molecular weight excluding hydrogens is 244 g/mol. The van der Waals surface area contributed by atoms with Crippen molar-refractivity contribution >= 4 is 0 Å². The molecule has 1 aliphatic rings. The molecule has 0 bridgehead atoms. The van der Waals surface area contributed by atoms with E-state index >= 15 is 0 Å². The average molecular weight is 272 g/mol. The number of aliphatic hydroxyl groups is 4. The van der Waals surface area contributed by atoms with Gasteiger partial charge in [0.15, 0.2) is 0 Å². The van der Waals surface area contributed by atoms with Crippen molar-refractivity contribution in [2.75, 3.05) is 6.61 Å². The molecule has 4 N–H and O–H groups in total. The predicted octanol–water partition coefficient (Wildman–Crippen LogP) is 1.22. The van der Waals surface area contributed by atoms with Gasteiger partial charge >= 0.3 is 0 Å². The van der Waals surface area contributed by atoms with Gasteiger partial charge in [-0.25, -0.2) is 0 Å². The first-order chi connectivity index (χ1) is 9.10. The zero-order valence-electron chi connectivity index (χ0n) is 11.8. The van der Waals surface area contributed by atoms with E-state index in [4.69, 9.17) is 5.11 Å². The Morgan fingerprint density at radius 1 is 1.21 bits per heavy atom. The number of hydrogen-bond acceptors (Lipinski definition) is 4. The van der Waals surface area contributed by atoms with Gasteiger partial charge in [-0.2, -0.15) is 0 Å². The monoisotopic (exact) mass is 272 g/mol. The van der Waals surface area contributed by atoms with Crippen molar-refractivity contribution in [3.8, 4) is 0 Å². The van der Waals surface area contributed by atoms with Crippen LogP contribution in [-0.2, 0) is 0 Å². The Balaban J connectivity index is 2.47. The zero-order chi connectivity index (χ0) is 14.3. The van der Waals surface area contributed by atoms with Crippen molar-refractivity contribution in [1.82, 2.24) is 0 Å². The molecule has 1 rings (SSSR count). The van der Waals surface area contributed by atoms with E-state index in [1.54, 1.807) is 6.08 Å². The minimum Gasteiger partial charge on any atom is -0.396 e. The smallest absolute Gasteiger partial charge is 0.0721 e. The summed E-state index contributed by atoms with van der Waals surface area (Å²) in [5.41, 5.74) is 0. The van der Waals surface area contributed by atoms with E-state index in [-0.39, 0.29) is 18.4 Å². The van der Waals surface area contributed by atoms with Gasteiger partial charge in [0.05, 0.1) is 18.3 Å². The SMILES string of the molecule is CCCCC[C@H](O)/C=C/[C@H]1[C@H](CCO)[C@H](O)C[C@@H]1O. The summed E-state index contributed by atoms with van der Waals surface area (Å²) < 4.78 is 0. The molecule has 1 aliphatic carbocycles. The van der Waals surface area contributed by atoms with Crippen LogP contribution in [0.2, 0.25) is 0 Å². The maximum absolute atomic E-state index is 9.91. The van der Waals surface area contributed by atoms with Crippen LogP contribution in [0.5, 0.6) is 0 Å². The van der Waals surface area contributed by atoms with Crippen molar-refractivity contribution in [3.05, 3.63) is 12.2 Å². The van der Waals surface area contributed by atoms with E-state index in [1.165, 1.54) is 0 Å². The van der Waals surface area contributed by atoms with Crippen LogP contribution in [0.3, 0.4) is 0 Å². The van der Waals surface area contributed by atoms with Crippen LogP contribution in [0.25, 0.3) is 0 Å². The molecule has 0 aromatic carbocycles. The van der Waals surface area contributed by atoms with Crippen LogP contribution in [-0.4, -0.2) is 45.3 Å². The molecule has 0 spiro atoms. The first-order valence-electron chi connectivity index (χ1n) is 7.43. The van der Waals surface area contributed by atoms with Gasteiger partial charge in [0.2, 0.25) is 0 Å². The summed E-state index contributed by atoms with van der Waals surface area (Å²) in [5, 5.41) is 38.6. The van der Waals surface area contributed by atoms with Crippen LogP contribution >= 0.6 is 0 Å². The van der Waals surface area contributed by atoms with Gasteiger partial charge in [-0.15, -0.1) is 0 Å². The third-order valence-electron chi connectivity index (χ3n) is 4.04. The molecule has 0 aromatic heterocycles. The lowest BCUT2D eigenvalue weighted by Gasteiger charge is -2.20. The van der Waals surface area contributed by atoms with E-state index in [9.17, 15) is 15.3 Å². The lowest BCUT2D eigenvalue weighted by Crippen LogP contribution is -2.22. The predicted molar refractivity (Wildman–Crippen MR) is 74.6 cm³/mol. The van der Waals surface area contributed by atoms with Crippen LogP contribution in [0.15, 0.2) is 12.2 Å². The quantitative estimate of drug-likeness (QED) is 0.396. The highest BCUT2D eigenvalue weighted by atomic mass is 16.3. The molecule has 0 heterocycles. The van der Waals surface area contributed by atoms with Gasteiger partial charge in [0.25, 0.3) is 0 Å². The Kier molecular flexibility index (Phi) is 7.61. The Morgan fingerprint density at radius 3 is 2.58 bits per heavy atom. The van der Waals surface area contributed by atoms with E-state index in [0.717, 1.165) is 25.7 Å². The van der Waals surface area contributed by atoms with Crippen LogP contribution in [0, 0.1) is 11.8 Å². The molecule has 1 fully saturated rings. The number of aliphatic hydroxyl groups excluding tert-OH is 4. The van der Waals surface area contributed by atoms with Gasteiger partial charge in [-0.1, -0.05) is 38.3 Å². The van der Waals surface area contributed by atoms with Gasteiger partial charge in [-0.3, -0.25) is 0 Å². The summed E-state index contributed by atoms with van der Waals surface area (Å²) >= 11 is 0. The molecule has 1 saturated carbocycles. The molecule has 0 amide bonds. The van der Waals surface area contributed by atoms with Crippen LogP contribution in [0.4, 0.5) is 0 Å². The van der Waals surface area contributed by atoms with E-state index in [1.807, 2.05) is 6.08 Å². The highest BCUT2D eigenvalue weighted by molar-refractivity contribution is 5.04. The fraction of sp³-hybridized carbons (Fsp3) is 0.867. The van der Waals surface area contributed by atoms with Gasteiger partial charge in [0.1, 0.15) is 0 Å². The van der Waals surface area contributed by atoms with Crippen molar-refractivity contribution in [1.29, 1.82) is 0 Å². The van der Waals surface area contributed by atoms with Crippen molar-refractivity contribution in [2.45, 2.75) is 63.8 Å². The molecule has 4 nitrogen and oxygen atoms in total. The molecule has 0 unspecified atom stereocenters. The Hall–Kier alpha value is -0.420. The maximum Gasteiger partial charge on any atom is 0.0721 e. The average Bonchev–Trinajstić information content (AvgIpc) is 2.63. The number of unbranched alkanes of at least 4 members (excludes halogenated alkanes) is 2. The summed E-state index contributed by atoms with van der Waals surface area (Å²) in [6.07, 6.45) is 6.74. The second-order valence-electron chi connectivity index (χ2n) is 5.57. The largest absolute Gasteiger partial charge is 0.396 e. The third-order valence-corrected chi connectivity index (χ3v) is 4.04. The zero-order valence-corrected chi connectivity index (χ0v) is 11.8. The molecular formula is C15H28O4. The second kappa shape index (κ2) is 8.69. The van der Waals surface area contributed by atoms with E-state index in [0.29, 0.717) is 12.8 Å². The molecule has 0 aromatic rings. The summed E-state index contributed by atoms with van der Waals surface area (Å²) in [4.78, 5) is 0. The fourth-order valence-electron chi connectivity index (χ4n) is 2.88. The van der Waals surface area contributed by atoms with Gasteiger partial charge < -0.3 is 20.4 Å². The van der Waals surface area contributed by atoms with E-state index in [2.05, 4.69) is 6.92 Å². The molecule has 0 aliphatic heterocycles. The molecule has 0 radical (unpaired) electrons. The summed E-state index contributed by atoms with van der Waals surface area (Å²) in [7, 11) is 0. The molecule has 0 saturated heterocycles. The van der Waals surface area contributed by atoms with Gasteiger partial charge in [-0.05, 0) is 18.8 Å². The molecule has 19 heavy (non-hydrogen) atoms. The summed E-state index contributed by atoms with van der Waals surface area (Å²) in [5.74, 6) is -0.276. The Bertz CT molecular complexity index is 267. The van der Waals surface area contributed by atoms with Gasteiger partial charge in [0, 0.05) is 18.9 Å². The summed E-state index contributed by atoms with van der Waals surface area (Å²) in [6.45, 7) is 2.13. The molecule has 4 heteroatoms. The Morgan fingerprint density at radius 2 is 1.95 bits per heavy atom. The van der Waals surface area contributed by atoms with Crippen LogP contribution in [0.1, 0.15) is 45.4 Å². The van der Waals surface area contributed by atoms with Crippen molar-refractivity contribution in [3.63, 3.8) is 0 Å². The minimum absolute atomic E-state index is 0.0117.